The van der Waals surface area contributed by atoms with Gasteiger partial charge in [-0.2, -0.15) is 0 Å². The van der Waals surface area contributed by atoms with Gasteiger partial charge in [0, 0.05) is 29.8 Å². The van der Waals surface area contributed by atoms with E-state index < -0.39 is 5.97 Å². The van der Waals surface area contributed by atoms with Crippen LogP contribution in [0.2, 0.25) is 0 Å². The summed E-state index contributed by atoms with van der Waals surface area (Å²) in [7, 11) is 1.56. The van der Waals surface area contributed by atoms with Crippen LogP contribution in [0.15, 0.2) is 42.5 Å². The molecule has 0 saturated carbocycles. The van der Waals surface area contributed by atoms with Gasteiger partial charge in [0.1, 0.15) is 18.9 Å². The molecule has 0 aromatic heterocycles. The normalized spacial score (nSPS) is 13.3. The molecule has 1 heterocycles. The zero-order valence-corrected chi connectivity index (χ0v) is 16.6. The van der Waals surface area contributed by atoms with Crippen molar-refractivity contribution in [2.45, 2.75) is 26.4 Å². The van der Waals surface area contributed by atoms with E-state index in [1.54, 1.807) is 36.3 Å². The molecule has 0 atom stereocenters. The van der Waals surface area contributed by atoms with Crippen LogP contribution in [0.25, 0.3) is 0 Å². The zero-order valence-electron chi connectivity index (χ0n) is 16.6. The molecule has 1 aliphatic rings. The lowest BCUT2D eigenvalue weighted by Gasteiger charge is -2.15. The van der Waals surface area contributed by atoms with E-state index in [-0.39, 0.29) is 25.0 Å². The van der Waals surface area contributed by atoms with E-state index in [0.717, 1.165) is 23.2 Å². The molecule has 152 valence electrons. The molecule has 2 amide bonds. The first-order valence-corrected chi connectivity index (χ1v) is 9.45. The monoisotopic (exact) mass is 396 g/mol. The Morgan fingerprint density at radius 3 is 2.55 bits per heavy atom. The number of aryl methyl sites for hydroxylation is 1. The molecule has 0 radical (unpaired) electrons. The van der Waals surface area contributed by atoms with E-state index in [1.807, 2.05) is 25.1 Å². The van der Waals surface area contributed by atoms with Gasteiger partial charge in [-0.3, -0.25) is 14.4 Å². The molecule has 0 spiro atoms. The molecular formula is C22H24N2O5. The van der Waals surface area contributed by atoms with Crippen LogP contribution in [0.3, 0.4) is 0 Å². The Morgan fingerprint density at radius 1 is 1.14 bits per heavy atom. The van der Waals surface area contributed by atoms with Gasteiger partial charge < -0.3 is 19.7 Å². The number of methoxy groups -OCH3 is 1. The SMILES string of the molecule is COc1ccc(C)cc1COC(=O)CNC(=O)c1ccc(N2CCCC2=O)cc1. The highest BCUT2D eigenvalue weighted by atomic mass is 16.5. The predicted octanol–water partition coefficient (Wildman–Crippen LogP) is 2.60. The van der Waals surface area contributed by atoms with Crippen LogP contribution < -0.4 is 15.0 Å². The Hall–Kier alpha value is -3.35. The third-order valence-corrected chi connectivity index (χ3v) is 4.73. The van der Waals surface area contributed by atoms with Crippen LogP contribution in [-0.2, 0) is 20.9 Å². The van der Waals surface area contributed by atoms with Gasteiger partial charge in [0.05, 0.1) is 7.11 Å². The van der Waals surface area contributed by atoms with Gasteiger partial charge in [0.25, 0.3) is 5.91 Å². The number of carbonyl (C=O) groups excluding carboxylic acids is 3. The van der Waals surface area contributed by atoms with Crippen molar-refractivity contribution in [2.75, 3.05) is 25.1 Å². The van der Waals surface area contributed by atoms with Crippen molar-refractivity contribution >= 4 is 23.5 Å². The largest absolute Gasteiger partial charge is 0.496 e. The molecule has 1 aliphatic heterocycles. The number of anilines is 1. The Balaban J connectivity index is 1.49. The first kappa shape index (κ1) is 20.4. The van der Waals surface area contributed by atoms with Crippen molar-refractivity contribution in [2.24, 2.45) is 0 Å². The van der Waals surface area contributed by atoms with E-state index in [4.69, 9.17) is 9.47 Å². The third-order valence-electron chi connectivity index (χ3n) is 4.73. The highest BCUT2D eigenvalue weighted by Gasteiger charge is 2.21. The zero-order chi connectivity index (χ0) is 20.8. The molecule has 0 unspecified atom stereocenters. The van der Waals surface area contributed by atoms with Crippen molar-refractivity contribution in [3.63, 3.8) is 0 Å². The summed E-state index contributed by atoms with van der Waals surface area (Å²) in [6.45, 7) is 2.47. The molecule has 1 saturated heterocycles. The summed E-state index contributed by atoms with van der Waals surface area (Å²) >= 11 is 0. The van der Waals surface area contributed by atoms with Crippen LogP contribution in [0.4, 0.5) is 5.69 Å². The molecular weight excluding hydrogens is 372 g/mol. The number of nitrogens with zero attached hydrogens (tertiary/aromatic N) is 1. The van der Waals surface area contributed by atoms with Gasteiger partial charge in [-0.15, -0.1) is 0 Å². The molecule has 1 N–H and O–H groups in total. The van der Waals surface area contributed by atoms with Crippen LogP contribution in [0.5, 0.6) is 5.75 Å². The Morgan fingerprint density at radius 2 is 1.90 bits per heavy atom. The molecule has 7 heteroatoms. The fourth-order valence-electron chi connectivity index (χ4n) is 3.20. The van der Waals surface area contributed by atoms with Crippen molar-refractivity contribution in [1.82, 2.24) is 5.32 Å². The number of esters is 1. The highest BCUT2D eigenvalue weighted by molar-refractivity contribution is 5.98. The van der Waals surface area contributed by atoms with Crippen LogP contribution in [0.1, 0.15) is 34.3 Å². The second-order valence-electron chi connectivity index (χ2n) is 6.85. The summed E-state index contributed by atoms with van der Waals surface area (Å²) < 4.78 is 10.5. The lowest BCUT2D eigenvalue weighted by atomic mass is 10.1. The van der Waals surface area contributed by atoms with E-state index in [0.29, 0.717) is 24.3 Å². The Bertz CT molecular complexity index is 908. The quantitative estimate of drug-likeness (QED) is 0.727. The number of ether oxygens (including phenoxy) is 2. The summed E-state index contributed by atoms with van der Waals surface area (Å²) in [5.41, 5.74) is 2.98. The van der Waals surface area contributed by atoms with Crippen LogP contribution in [-0.4, -0.2) is 38.0 Å². The lowest BCUT2D eigenvalue weighted by molar-refractivity contribution is -0.143. The molecule has 3 rings (SSSR count). The minimum absolute atomic E-state index is 0.0676. The summed E-state index contributed by atoms with van der Waals surface area (Å²) in [6.07, 6.45) is 1.40. The number of amides is 2. The average molecular weight is 396 g/mol. The van der Waals surface area contributed by atoms with Crippen molar-refractivity contribution in [1.29, 1.82) is 0 Å². The number of hydrogen-bond donors (Lipinski definition) is 1. The minimum atomic E-state index is -0.541. The second-order valence-corrected chi connectivity index (χ2v) is 6.85. The van der Waals surface area contributed by atoms with Crippen molar-refractivity contribution < 1.29 is 23.9 Å². The van der Waals surface area contributed by atoms with Crippen molar-refractivity contribution in [3.8, 4) is 5.75 Å². The van der Waals surface area contributed by atoms with Crippen molar-refractivity contribution in [3.05, 3.63) is 59.2 Å². The van der Waals surface area contributed by atoms with Crippen LogP contribution >= 0.6 is 0 Å². The first-order chi connectivity index (χ1) is 14.0. The Labute approximate surface area is 169 Å². The number of carbonyl (C=O) groups is 3. The smallest absolute Gasteiger partial charge is 0.325 e. The molecule has 0 bridgehead atoms. The lowest BCUT2D eigenvalue weighted by Crippen LogP contribution is -2.30. The maximum Gasteiger partial charge on any atom is 0.325 e. The molecule has 29 heavy (non-hydrogen) atoms. The maximum absolute atomic E-state index is 12.2. The summed E-state index contributed by atoms with van der Waals surface area (Å²) in [5.74, 6) is -0.185. The van der Waals surface area contributed by atoms with Gasteiger partial charge in [-0.05, 0) is 49.7 Å². The minimum Gasteiger partial charge on any atom is -0.496 e. The Kier molecular flexibility index (Phi) is 6.49. The third kappa shape index (κ3) is 5.13. The highest BCUT2D eigenvalue weighted by Crippen LogP contribution is 2.22. The second kappa shape index (κ2) is 9.23. The van der Waals surface area contributed by atoms with Gasteiger partial charge in [0.2, 0.25) is 5.91 Å². The van der Waals surface area contributed by atoms with E-state index >= 15 is 0 Å². The standard InChI is InChI=1S/C22H24N2O5/c1-15-5-10-19(28-2)17(12-15)14-29-21(26)13-23-22(27)16-6-8-18(9-7-16)24-11-3-4-20(24)25/h5-10,12H,3-4,11,13-14H2,1-2H3,(H,23,27). The number of hydrogen-bond acceptors (Lipinski definition) is 5. The molecule has 1 fully saturated rings. The summed E-state index contributed by atoms with van der Waals surface area (Å²) in [5, 5.41) is 2.55. The van der Waals surface area contributed by atoms with E-state index in [1.165, 1.54) is 0 Å². The molecule has 2 aromatic carbocycles. The average Bonchev–Trinajstić information content (AvgIpc) is 3.16. The van der Waals surface area contributed by atoms with E-state index in [9.17, 15) is 14.4 Å². The predicted molar refractivity (Wildman–Crippen MR) is 108 cm³/mol. The number of benzene rings is 2. The first-order valence-electron chi connectivity index (χ1n) is 9.45. The van der Waals surface area contributed by atoms with Gasteiger partial charge >= 0.3 is 5.97 Å². The fourth-order valence-corrected chi connectivity index (χ4v) is 3.20. The van der Waals surface area contributed by atoms with Gasteiger partial charge in [-0.25, -0.2) is 0 Å². The van der Waals surface area contributed by atoms with Gasteiger partial charge in [0.15, 0.2) is 0 Å². The van der Waals surface area contributed by atoms with Gasteiger partial charge in [-0.1, -0.05) is 11.6 Å². The number of rotatable bonds is 7. The van der Waals surface area contributed by atoms with Crippen LogP contribution in [0, 0.1) is 6.92 Å². The van der Waals surface area contributed by atoms with E-state index in [2.05, 4.69) is 5.32 Å². The number of nitrogens with one attached hydrogen (secondary N) is 1. The molecule has 0 aliphatic carbocycles. The molecule has 7 nitrogen and oxygen atoms in total. The topological polar surface area (TPSA) is 84.9 Å². The fraction of sp³-hybridized carbons (Fsp3) is 0.318. The molecule has 2 aromatic rings. The summed E-state index contributed by atoms with van der Waals surface area (Å²) in [4.78, 5) is 37.7. The maximum atomic E-state index is 12.2. The summed E-state index contributed by atoms with van der Waals surface area (Å²) in [6, 6.07) is 12.4.